The molecule has 27 heavy (non-hydrogen) atoms. The highest BCUT2D eigenvalue weighted by Gasteiger charge is 2.23. The Bertz CT molecular complexity index is 786. The maximum absolute atomic E-state index is 13.1. The molecule has 0 saturated carbocycles. The molecule has 142 valence electrons. The molecule has 0 spiro atoms. The van der Waals surface area contributed by atoms with Gasteiger partial charge in [0.2, 0.25) is 0 Å². The highest BCUT2D eigenvalue weighted by molar-refractivity contribution is 5.99. The molecule has 1 aliphatic heterocycles. The summed E-state index contributed by atoms with van der Waals surface area (Å²) in [5.74, 6) is -0.238. The Morgan fingerprint density at radius 1 is 1.11 bits per heavy atom. The monoisotopic (exact) mass is 367 g/mol. The number of nitrogens with zero attached hydrogens (tertiary/aromatic N) is 3. The average molecular weight is 367 g/mol. The number of rotatable bonds is 5. The molecule has 0 unspecified atom stereocenters. The summed E-state index contributed by atoms with van der Waals surface area (Å²) in [6, 6.07) is 11.5. The van der Waals surface area contributed by atoms with Crippen LogP contribution in [0.1, 0.15) is 40.1 Å². The first-order valence-corrected chi connectivity index (χ1v) is 9.23. The highest BCUT2D eigenvalue weighted by atomic mass is 16.5. The van der Waals surface area contributed by atoms with Crippen molar-refractivity contribution < 1.29 is 14.3 Å². The van der Waals surface area contributed by atoms with Gasteiger partial charge in [0.25, 0.3) is 11.8 Å². The Hall–Kier alpha value is -2.73. The van der Waals surface area contributed by atoms with E-state index in [1.165, 1.54) is 12.4 Å². The number of benzene rings is 1. The second kappa shape index (κ2) is 8.77. The molecule has 1 aromatic heterocycles. The summed E-state index contributed by atoms with van der Waals surface area (Å²) in [6.07, 6.45) is 3.05. The number of aromatic nitrogens is 1. The molecule has 0 radical (unpaired) electrons. The van der Waals surface area contributed by atoms with E-state index in [1.54, 1.807) is 15.9 Å². The molecule has 1 saturated heterocycles. The number of hydrogen-bond acceptors (Lipinski definition) is 4. The Balaban J connectivity index is 1.79. The number of hydrogen-bond donors (Lipinski definition) is 0. The van der Waals surface area contributed by atoms with Gasteiger partial charge in [-0.05, 0) is 25.5 Å². The number of amides is 2. The Kier molecular flexibility index (Phi) is 6.19. The van der Waals surface area contributed by atoms with E-state index in [2.05, 4.69) is 4.98 Å². The van der Waals surface area contributed by atoms with Crippen LogP contribution in [0.25, 0.3) is 0 Å². The van der Waals surface area contributed by atoms with Gasteiger partial charge in [0, 0.05) is 38.1 Å². The van der Waals surface area contributed by atoms with Gasteiger partial charge in [0.15, 0.2) is 0 Å². The first kappa shape index (κ1) is 19.0. The summed E-state index contributed by atoms with van der Waals surface area (Å²) in [7, 11) is 0. The van der Waals surface area contributed by atoms with Crippen LogP contribution in [0.15, 0.2) is 48.8 Å². The zero-order valence-corrected chi connectivity index (χ0v) is 15.8. The fourth-order valence-electron chi connectivity index (χ4n) is 3.06. The van der Waals surface area contributed by atoms with Gasteiger partial charge in [-0.1, -0.05) is 30.3 Å². The number of morpholine rings is 1. The van der Waals surface area contributed by atoms with Crippen LogP contribution >= 0.6 is 0 Å². The molecule has 1 aromatic carbocycles. The predicted octanol–water partition coefficient (Wildman–Crippen LogP) is 2.60. The van der Waals surface area contributed by atoms with Gasteiger partial charge in [-0.25, -0.2) is 0 Å². The van der Waals surface area contributed by atoms with Gasteiger partial charge in [0.1, 0.15) is 0 Å². The SMILES string of the molecule is CC(C)N(Cc1ccccc1)C(=O)c1cncc(C(=O)N2CCOCC2)c1. The van der Waals surface area contributed by atoms with Crippen molar-refractivity contribution in [2.45, 2.75) is 26.4 Å². The summed E-state index contributed by atoms with van der Waals surface area (Å²) < 4.78 is 5.29. The summed E-state index contributed by atoms with van der Waals surface area (Å²) in [4.78, 5) is 33.4. The van der Waals surface area contributed by atoms with E-state index >= 15 is 0 Å². The van der Waals surface area contributed by atoms with Crippen LogP contribution in [0.4, 0.5) is 0 Å². The van der Waals surface area contributed by atoms with Crippen LogP contribution in [0, 0.1) is 0 Å². The Labute approximate surface area is 159 Å². The molecule has 6 nitrogen and oxygen atoms in total. The van der Waals surface area contributed by atoms with Crippen LogP contribution < -0.4 is 0 Å². The summed E-state index contributed by atoms with van der Waals surface area (Å²) >= 11 is 0. The van der Waals surface area contributed by atoms with Crippen LogP contribution in [-0.4, -0.2) is 58.9 Å². The van der Waals surface area contributed by atoms with Gasteiger partial charge < -0.3 is 14.5 Å². The van der Waals surface area contributed by atoms with Crippen molar-refractivity contribution in [1.29, 1.82) is 0 Å². The average Bonchev–Trinajstić information content (AvgIpc) is 2.72. The highest BCUT2D eigenvalue weighted by Crippen LogP contribution is 2.15. The molecule has 3 rings (SSSR count). The molecular formula is C21H25N3O3. The number of carbonyl (C=O) groups is 2. The molecule has 1 fully saturated rings. The molecule has 0 bridgehead atoms. The molecular weight excluding hydrogens is 342 g/mol. The minimum Gasteiger partial charge on any atom is -0.378 e. The van der Waals surface area contributed by atoms with E-state index < -0.39 is 0 Å². The van der Waals surface area contributed by atoms with E-state index in [0.717, 1.165) is 5.56 Å². The van der Waals surface area contributed by atoms with Crippen LogP contribution in [0.2, 0.25) is 0 Å². The normalized spacial score (nSPS) is 14.3. The molecule has 2 heterocycles. The van der Waals surface area contributed by atoms with E-state index in [1.807, 2.05) is 44.2 Å². The fraction of sp³-hybridized carbons (Fsp3) is 0.381. The third-order valence-corrected chi connectivity index (χ3v) is 4.61. The van der Waals surface area contributed by atoms with Crippen molar-refractivity contribution in [3.05, 3.63) is 65.5 Å². The third-order valence-electron chi connectivity index (χ3n) is 4.61. The van der Waals surface area contributed by atoms with Crippen molar-refractivity contribution in [3.8, 4) is 0 Å². The van der Waals surface area contributed by atoms with Gasteiger partial charge in [-0.3, -0.25) is 14.6 Å². The van der Waals surface area contributed by atoms with Crippen LogP contribution in [0.3, 0.4) is 0 Å². The van der Waals surface area contributed by atoms with Crippen LogP contribution in [-0.2, 0) is 11.3 Å². The molecule has 6 heteroatoms. The van der Waals surface area contributed by atoms with E-state index in [0.29, 0.717) is 44.0 Å². The largest absolute Gasteiger partial charge is 0.378 e. The zero-order valence-electron chi connectivity index (χ0n) is 15.8. The van der Waals surface area contributed by atoms with E-state index in [9.17, 15) is 9.59 Å². The van der Waals surface area contributed by atoms with Crippen molar-refractivity contribution >= 4 is 11.8 Å². The summed E-state index contributed by atoms with van der Waals surface area (Å²) in [5, 5.41) is 0. The van der Waals surface area contributed by atoms with E-state index in [4.69, 9.17) is 4.74 Å². The summed E-state index contributed by atoms with van der Waals surface area (Å²) in [6.45, 7) is 6.67. The standard InChI is InChI=1S/C21H25N3O3/c1-16(2)24(15-17-6-4-3-5-7-17)21(26)19-12-18(13-22-14-19)20(25)23-8-10-27-11-9-23/h3-7,12-14,16H,8-11,15H2,1-2H3. The van der Waals surface area contributed by atoms with Gasteiger partial charge >= 0.3 is 0 Å². The fourth-order valence-corrected chi connectivity index (χ4v) is 3.06. The summed E-state index contributed by atoms with van der Waals surface area (Å²) in [5.41, 5.74) is 1.93. The van der Waals surface area contributed by atoms with Gasteiger partial charge in [-0.15, -0.1) is 0 Å². The minimum absolute atomic E-state index is 0.0244. The molecule has 0 aliphatic carbocycles. The predicted molar refractivity (Wildman–Crippen MR) is 102 cm³/mol. The van der Waals surface area contributed by atoms with Crippen LogP contribution in [0.5, 0.6) is 0 Å². The smallest absolute Gasteiger partial charge is 0.255 e. The van der Waals surface area contributed by atoms with Gasteiger partial charge in [-0.2, -0.15) is 0 Å². The lowest BCUT2D eigenvalue weighted by atomic mass is 10.1. The first-order valence-electron chi connectivity index (χ1n) is 9.23. The van der Waals surface area contributed by atoms with Crippen molar-refractivity contribution in [2.75, 3.05) is 26.3 Å². The second-order valence-electron chi connectivity index (χ2n) is 6.88. The Morgan fingerprint density at radius 2 is 1.78 bits per heavy atom. The number of pyridine rings is 1. The van der Waals surface area contributed by atoms with Crippen molar-refractivity contribution in [3.63, 3.8) is 0 Å². The van der Waals surface area contributed by atoms with E-state index in [-0.39, 0.29) is 17.9 Å². The van der Waals surface area contributed by atoms with Crippen molar-refractivity contribution in [2.24, 2.45) is 0 Å². The quantitative estimate of drug-likeness (QED) is 0.815. The molecule has 0 atom stereocenters. The zero-order chi connectivity index (χ0) is 19.2. The molecule has 0 N–H and O–H groups in total. The second-order valence-corrected chi connectivity index (χ2v) is 6.88. The maximum Gasteiger partial charge on any atom is 0.255 e. The Morgan fingerprint density at radius 3 is 2.44 bits per heavy atom. The van der Waals surface area contributed by atoms with Crippen molar-refractivity contribution in [1.82, 2.24) is 14.8 Å². The van der Waals surface area contributed by atoms with Gasteiger partial charge in [0.05, 0.1) is 24.3 Å². The third kappa shape index (κ3) is 4.71. The lowest BCUT2D eigenvalue weighted by Crippen LogP contribution is -2.41. The first-order chi connectivity index (χ1) is 13.1. The lowest BCUT2D eigenvalue weighted by molar-refractivity contribution is 0.0302. The number of carbonyl (C=O) groups excluding carboxylic acids is 2. The topological polar surface area (TPSA) is 62.7 Å². The molecule has 2 amide bonds. The maximum atomic E-state index is 13.1. The minimum atomic E-state index is -0.127. The molecule has 2 aromatic rings. The lowest BCUT2D eigenvalue weighted by Gasteiger charge is -2.28. The molecule has 1 aliphatic rings. The number of ether oxygens (including phenoxy) is 1.